The normalized spacial score (nSPS) is 22.4. The molecule has 0 aliphatic carbocycles. The maximum atomic E-state index is 12.2. The molecule has 0 unspecified atom stereocenters. The Hall–Kier alpha value is -1.92. The van der Waals surface area contributed by atoms with Gasteiger partial charge in [0.15, 0.2) is 0 Å². The van der Waals surface area contributed by atoms with Crippen LogP contribution in [0.2, 0.25) is 0 Å². The lowest BCUT2D eigenvalue weighted by Crippen LogP contribution is -2.55. The van der Waals surface area contributed by atoms with Crippen LogP contribution < -0.4 is 10.6 Å². The van der Waals surface area contributed by atoms with E-state index in [9.17, 15) is 4.79 Å². The summed E-state index contributed by atoms with van der Waals surface area (Å²) in [5.41, 5.74) is 2.89. The molecule has 6 heteroatoms. The summed E-state index contributed by atoms with van der Waals surface area (Å²) in [6, 6.07) is 3.71. The number of imidazole rings is 1. The molecule has 112 valence electrons. The second-order valence-electron chi connectivity index (χ2n) is 5.38. The zero-order valence-electron chi connectivity index (χ0n) is 12.3. The number of aromatic nitrogens is 2. The fourth-order valence-electron chi connectivity index (χ4n) is 2.60. The van der Waals surface area contributed by atoms with Crippen molar-refractivity contribution < 1.29 is 9.53 Å². The van der Waals surface area contributed by atoms with Crippen LogP contribution in [0.1, 0.15) is 18.2 Å². The van der Waals surface area contributed by atoms with Gasteiger partial charge in [-0.25, -0.2) is 4.98 Å². The molecule has 2 aromatic rings. The van der Waals surface area contributed by atoms with E-state index in [0.29, 0.717) is 19.7 Å². The van der Waals surface area contributed by atoms with E-state index in [1.54, 1.807) is 0 Å². The Labute approximate surface area is 123 Å². The number of rotatable bonds is 3. The van der Waals surface area contributed by atoms with Crippen LogP contribution in [0.5, 0.6) is 0 Å². The third kappa shape index (κ3) is 2.91. The molecule has 21 heavy (non-hydrogen) atoms. The maximum absolute atomic E-state index is 12.2. The van der Waals surface area contributed by atoms with E-state index in [-0.39, 0.29) is 18.1 Å². The lowest BCUT2D eigenvalue weighted by molar-refractivity contribution is -0.129. The van der Waals surface area contributed by atoms with Crippen molar-refractivity contribution in [3.63, 3.8) is 0 Å². The molecule has 0 bridgehead atoms. The van der Waals surface area contributed by atoms with Crippen molar-refractivity contribution in [2.75, 3.05) is 13.2 Å². The molecule has 2 aromatic heterocycles. The molecule has 1 saturated heterocycles. The highest BCUT2D eigenvalue weighted by molar-refractivity contribution is 5.82. The molecule has 0 saturated carbocycles. The average Bonchev–Trinajstić information content (AvgIpc) is 2.90. The summed E-state index contributed by atoms with van der Waals surface area (Å²) in [7, 11) is 0. The van der Waals surface area contributed by atoms with Crippen molar-refractivity contribution in [3.8, 4) is 0 Å². The number of fused-ring (bicyclic) bond motifs is 1. The highest BCUT2D eigenvalue weighted by Crippen LogP contribution is 2.10. The molecule has 1 fully saturated rings. The minimum atomic E-state index is -0.294. The molecule has 0 aromatic carbocycles. The van der Waals surface area contributed by atoms with Gasteiger partial charge in [-0.3, -0.25) is 4.79 Å². The first-order valence-corrected chi connectivity index (χ1v) is 7.21. The van der Waals surface area contributed by atoms with Crippen LogP contribution in [0, 0.1) is 6.92 Å². The first-order valence-electron chi connectivity index (χ1n) is 7.21. The summed E-state index contributed by atoms with van der Waals surface area (Å²) in [5.74, 6) is -0.0454. The Bertz CT molecular complexity index is 652. The number of aryl methyl sites for hydroxylation is 1. The van der Waals surface area contributed by atoms with Gasteiger partial charge in [0, 0.05) is 18.9 Å². The van der Waals surface area contributed by atoms with Crippen molar-refractivity contribution in [1.82, 2.24) is 20.0 Å². The first kappa shape index (κ1) is 14.0. The minimum Gasteiger partial charge on any atom is -0.375 e. The van der Waals surface area contributed by atoms with Gasteiger partial charge in [0.05, 0.1) is 24.9 Å². The van der Waals surface area contributed by atoms with Gasteiger partial charge in [-0.05, 0) is 25.5 Å². The van der Waals surface area contributed by atoms with Gasteiger partial charge in [-0.15, -0.1) is 0 Å². The number of pyridine rings is 1. The lowest BCUT2D eigenvalue weighted by Gasteiger charge is -2.29. The van der Waals surface area contributed by atoms with Crippen molar-refractivity contribution in [3.05, 3.63) is 35.8 Å². The Kier molecular flexibility index (Phi) is 3.90. The molecular weight excluding hydrogens is 268 g/mol. The zero-order chi connectivity index (χ0) is 14.8. The van der Waals surface area contributed by atoms with Gasteiger partial charge >= 0.3 is 0 Å². The molecule has 2 N–H and O–H groups in total. The van der Waals surface area contributed by atoms with Gasteiger partial charge in [-0.2, -0.15) is 0 Å². The number of hydrogen-bond donors (Lipinski definition) is 2. The van der Waals surface area contributed by atoms with Gasteiger partial charge in [-0.1, -0.05) is 6.07 Å². The largest absolute Gasteiger partial charge is 0.375 e. The van der Waals surface area contributed by atoms with Gasteiger partial charge in [0.1, 0.15) is 11.7 Å². The van der Waals surface area contributed by atoms with Crippen molar-refractivity contribution in [2.45, 2.75) is 32.5 Å². The fraction of sp³-hybridized carbons (Fsp3) is 0.467. The standard InChI is InChI=1S/C15H20N4O2/c1-10-4-3-6-19-9-12(18-14(10)19)8-17-15(20)13-11(2)21-7-5-16-13/h3-4,6,9,11,13,16H,5,7-8H2,1-2H3,(H,17,20)/t11-,13+/m1/s1. The van der Waals surface area contributed by atoms with Crippen LogP contribution in [-0.2, 0) is 16.1 Å². The third-order valence-electron chi connectivity index (χ3n) is 3.77. The predicted octanol–water partition coefficient (Wildman–Crippen LogP) is 0.636. The van der Waals surface area contributed by atoms with E-state index in [1.165, 1.54) is 0 Å². The van der Waals surface area contributed by atoms with E-state index in [1.807, 2.05) is 42.8 Å². The number of ether oxygens (including phenoxy) is 1. The van der Waals surface area contributed by atoms with Crippen LogP contribution >= 0.6 is 0 Å². The van der Waals surface area contributed by atoms with Crippen molar-refractivity contribution in [1.29, 1.82) is 0 Å². The molecule has 2 atom stereocenters. The Morgan fingerprint density at radius 3 is 3.24 bits per heavy atom. The Morgan fingerprint density at radius 2 is 2.48 bits per heavy atom. The second kappa shape index (κ2) is 5.83. The SMILES string of the molecule is Cc1cccn2cc(CNC(=O)[C@H]3NCCO[C@@H]3C)nc12. The van der Waals surface area contributed by atoms with Crippen molar-refractivity contribution in [2.24, 2.45) is 0 Å². The van der Waals surface area contributed by atoms with Crippen LogP contribution in [-0.4, -0.2) is 40.6 Å². The van der Waals surface area contributed by atoms with E-state index in [0.717, 1.165) is 16.9 Å². The fourth-order valence-corrected chi connectivity index (χ4v) is 2.60. The van der Waals surface area contributed by atoms with Crippen LogP contribution in [0.25, 0.3) is 5.65 Å². The average molecular weight is 288 g/mol. The van der Waals surface area contributed by atoms with E-state index in [4.69, 9.17) is 4.74 Å². The first-order chi connectivity index (χ1) is 10.1. The number of nitrogens with zero attached hydrogens (tertiary/aromatic N) is 2. The number of nitrogens with one attached hydrogen (secondary N) is 2. The highest BCUT2D eigenvalue weighted by atomic mass is 16.5. The number of morpholine rings is 1. The second-order valence-corrected chi connectivity index (χ2v) is 5.38. The van der Waals surface area contributed by atoms with Gasteiger partial charge in [0.2, 0.25) is 5.91 Å². The number of hydrogen-bond acceptors (Lipinski definition) is 4. The van der Waals surface area contributed by atoms with Gasteiger partial charge in [0.25, 0.3) is 0 Å². The smallest absolute Gasteiger partial charge is 0.240 e. The molecule has 0 radical (unpaired) electrons. The van der Waals surface area contributed by atoms with Crippen LogP contribution in [0.3, 0.4) is 0 Å². The molecule has 0 spiro atoms. The Morgan fingerprint density at radius 1 is 1.62 bits per heavy atom. The zero-order valence-corrected chi connectivity index (χ0v) is 12.3. The predicted molar refractivity (Wildman–Crippen MR) is 79.0 cm³/mol. The molecule has 3 rings (SSSR count). The molecule has 1 amide bonds. The van der Waals surface area contributed by atoms with Crippen LogP contribution in [0.4, 0.5) is 0 Å². The maximum Gasteiger partial charge on any atom is 0.240 e. The molecule has 3 heterocycles. The molecule has 6 nitrogen and oxygen atoms in total. The van der Waals surface area contributed by atoms with Crippen molar-refractivity contribution >= 4 is 11.6 Å². The summed E-state index contributed by atoms with van der Waals surface area (Å²) in [6.07, 6.45) is 3.79. The number of amides is 1. The van der Waals surface area contributed by atoms with E-state index in [2.05, 4.69) is 15.6 Å². The quantitative estimate of drug-likeness (QED) is 0.869. The topological polar surface area (TPSA) is 67.7 Å². The molecule has 1 aliphatic heterocycles. The van der Waals surface area contributed by atoms with Gasteiger partial charge < -0.3 is 19.8 Å². The monoisotopic (exact) mass is 288 g/mol. The summed E-state index contributed by atoms with van der Waals surface area (Å²) in [6.45, 7) is 5.71. The number of carbonyl (C=O) groups is 1. The van der Waals surface area contributed by atoms with E-state index < -0.39 is 0 Å². The minimum absolute atomic E-state index is 0.0454. The lowest BCUT2D eigenvalue weighted by atomic mass is 10.1. The summed E-state index contributed by atoms with van der Waals surface area (Å²) >= 11 is 0. The summed E-state index contributed by atoms with van der Waals surface area (Å²) in [5, 5.41) is 6.10. The molecular formula is C15H20N4O2. The summed E-state index contributed by atoms with van der Waals surface area (Å²) < 4.78 is 7.46. The highest BCUT2D eigenvalue weighted by Gasteiger charge is 2.28. The molecule has 1 aliphatic rings. The van der Waals surface area contributed by atoms with Crippen LogP contribution in [0.15, 0.2) is 24.5 Å². The number of carbonyl (C=O) groups excluding carboxylic acids is 1. The Balaban J connectivity index is 1.66. The third-order valence-corrected chi connectivity index (χ3v) is 3.77. The van der Waals surface area contributed by atoms with E-state index >= 15 is 0 Å². The summed E-state index contributed by atoms with van der Waals surface area (Å²) in [4.78, 5) is 16.7.